The highest BCUT2D eigenvalue weighted by molar-refractivity contribution is 5.97. The molecule has 0 unspecified atom stereocenters. The first-order valence-electron chi connectivity index (χ1n) is 11.6. The van der Waals surface area contributed by atoms with E-state index in [2.05, 4.69) is 10.6 Å². The Balaban J connectivity index is 1.90. The van der Waals surface area contributed by atoms with Crippen LogP contribution in [0, 0.1) is 5.82 Å². The second-order valence-electron chi connectivity index (χ2n) is 8.59. The Bertz CT molecular complexity index is 989. The highest BCUT2D eigenvalue weighted by Crippen LogP contribution is 2.34. The molecule has 3 rings (SSSR count). The van der Waals surface area contributed by atoms with E-state index in [4.69, 9.17) is 14.2 Å². The molecule has 1 saturated heterocycles. The van der Waals surface area contributed by atoms with E-state index in [1.807, 2.05) is 13.8 Å². The normalized spacial score (nSPS) is 14.1. The fraction of sp³-hybridized carbons (Fsp3) is 0.462. The summed E-state index contributed by atoms with van der Waals surface area (Å²) in [5.41, 5.74) is 1.47. The predicted octanol–water partition coefficient (Wildman–Crippen LogP) is 3.96. The van der Waals surface area contributed by atoms with Crippen molar-refractivity contribution in [2.24, 2.45) is 0 Å². The van der Waals surface area contributed by atoms with E-state index in [1.165, 1.54) is 18.2 Å². The van der Waals surface area contributed by atoms with Gasteiger partial charge in [-0.3, -0.25) is 9.59 Å². The van der Waals surface area contributed by atoms with Crippen LogP contribution < -0.4 is 15.4 Å². The molecule has 0 atom stereocenters. The summed E-state index contributed by atoms with van der Waals surface area (Å²) < 4.78 is 31.3. The molecule has 1 aliphatic heterocycles. The van der Waals surface area contributed by atoms with Crippen LogP contribution in [-0.4, -0.2) is 57.4 Å². The molecule has 7 nitrogen and oxygen atoms in total. The Labute approximate surface area is 200 Å². The topological polar surface area (TPSA) is 85.9 Å². The second-order valence-corrected chi connectivity index (χ2v) is 8.59. The van der Waals surface area contributed by atoms with Crippen LogP contribution in [0.3, 0.4) is 0 Å². The molecule has 2 aromatic rings. The zero-order valence-electron chi connectivity index (χ0n) is 20.0. The Kier molecular flexibility index (Phi) is 9.42. The average molecular weight is 473 g/mol. The average Bonchev–Trinajstić information content (AvgIpc) is 2.82. The molecule has 1 aliphatic rings. The van der Waals surface area contributed by atoms with Gasteiger partial charge in [0.1, 0.15) is 11.6 Å². The van der Waals surface area contributed by atoms with Crippen molar-refractivity contribution in [1.29, 1.82) is 0 Å². The number of rotatable bonds is 10. The molecule has 2 amide bonds. The number of hydrogen-bond donors (Lipinski definition) is 2. The summed E-state index contributed by atoms with van der Waals surface area (Å²) in [6.07, 6.45) is 2.13. The molecule has 2 N–H and O–H groups in total. The lowest BCUT2D eigenvalue weighted by Crippen LogP contribution is -2.38. The van der Waals surface area contributed by atoms with Crippen LogP contribution in [0.4, 0.5) is 4.39 Å². The first-order valence-corrected chi connectivity index (χ1v) is 11.6. The lowest BCUT2D eigenvalue weighted by atomic mass is 9.99. The van der Waals surface area contributed by atoms with Crippen molar-refractivity contribution in [2.75, 3.05) is 33.5 Å². The van der Waals surface area contributed by atoms with Gasteiger partial charge in [-0.1, -0.05) is 0 Å². The van der Waals surface area contributed by atoms with Crippen molar-refractivity contribution in [3.63, 3.8) is 0 Å². The lowest BCUT2D eigenvalue weighted by molar-refractivity contribution is 0.0696. The van der Waals surface area contributed by atoms with E-state index in [0.717, 1.165) is 12.8 Å². The number of amides is 2. The quantitative estimate of drug-likeness (QED) is 0.512. The molecule has 0 saturated carbocycles. The fourth-order valence-corrected chi connectivity index (χ4v) is 3.72. The maximum atomic E-state index is 14.9. The van der Waals surface area contributed by atoms with Crippen LogP contribution >= 0.6 is 0 Å². The maximum Gasteiger partial charge on any atom is 0.251 e. The molecular weight excluding hydrogens is 439 g/mol. The van der Waals surface area contributed by atoms with Crippen molar-refractivity contribution < 1.29 is 28.2 Å². The summed E-state index contributed by atoms with van der Waals surface area (Å²) in [5.74, 6) is -0.617. The van der Waals surface area contributed by atoms with E-state index in [9.17, 15) is 14.0 Å². The molecular formula is C26H33FN2O5. The van der Waals surface area contributed by atoms with Gasteiger partial charge in [0.05, 0.1) is 6.61 Å². The second kappa shape index (κ2) is 12.5. The monoisotopic (exact) mass is 472 g/mol. The molecule has 0 radical (unpaired) electrons. The smallest absolute Gasteiger partial charge is 0.251 e. The lowest BCUT2D eigenvalue weighted by Gasteiger charge is -2.23. The van der Waals surface area contributed by atoms with Crippen molar-refractivity contribution >= 4 is 11.8 Å². The first-order chi connectivity index (χ1) is 16.4. The van der Waals surface area contributed by atoms with Crippen molar-refractivity contribution in [3.05, 3.63) is 53.3 Å². The number of carbonyl (C=O) groups is 2. The maximum absolute atomic E-state index is 14.9. The van der Waals surface area contributed by atoms with E-state index >= 15 is 0 Å². The van der Waals surface area contributed by atoms with Crippen molar-refractivity contribution in [1.82, 2.24) is 10.6 Å². The van der Waals surface area contributed by atoms with Crippen molar-refractivity contribution in [2.45, 2.75) is 45.2 Å². The number of benzene rings is 2. The third kappa shape index (κ3) is 7.01. The van der Waals surface area contributed by atoms with Gasteiger partial charge < -0.3 is 24.8 Å². The van der Waals surface area contributed by atoms with E-state index < -0.39 is 5.82 Å². The summed E-state index contributed by atoms with van der Waals surface area (Å²) in [7, 11) is 1.61. The minimum Gasteiger partial charge on any atom is -0.493 e. The Morgan fingerprint density at radius 3 is 2.44 bits per heavy atom. The van der Waals surface area contributed by atoms with E-state index in [1.54, 1.807) is 25.3 Å². The minimum atomic E-state index is -0.483. The van der Waals surface area contributed by atoms with Gasteiger partial charge in [-0.25, -0.2) is 4.39 Å². The summed E-state index contributed by atoms with van der Waals surface area (Å²) in [4.78, 5) is 25.3. The molecule has 8 heteroatoms. The number of halogens is 1. The van der Waals surface area contributed by atoms with E-state index in [0.29, 0.717) is 55.3 Å². The summed E-state index contributed by atoms with van der Waals surface area (Å²) in [6, 6.07) is 9.17. The zero-order chi connectivity index (χ0) is 24.5. The van der Waals surface area contributed by atoms with Gasteiger partial charge in [-0.15, -0.1) is 0 Å². The van der Waals surface area contributed by atoms with Gasteiger partial charge in [0.2, 0.25) is 0 Å². The van der Waals surface area contributed by atoms with Crippen LogP contribution in [0.25, 0.3) is 11.1 Å². The molecule has 0 bridgehead atoms. The van der Waals surface area contributed by atoms with Crippen LogP contribution in [0.15, 0.2) is 36.4 Å². The van der Waals surface area contributed by atoms with Gasteiger partial charge in [0.15, 0.2) is 0 Å². The van der Waals surface area contributed by atoms with Crippen molar-refractivity contribution in [3.8, 4) is 16.9 Å². The molecule has 0 spiro atoms. The highest BCUT2D eigenvalue weighted by Gasteiger charge is 2.20. The van der Waals surface area contributed by atoms with Crippen LogP contribution in [0.2, 0.25) is 0 Å². The van der Waals surface area contributed by atoms with Crippen LogP contribution in [0.1, 0.15) is 53.8 Å². The van der Waals surface area contributed by atoms with Gasteiger partial charge in [-0.05, 0) is 63.1 Å². The number of nitrogens with one attached hydrogen (secondary N) is 2. The van der Waals surface area contributed by atoms with Gasteiger partial charge in [0.25, 0.3) is 11.8 Å². The molecule has 1 fully saturated rings. The predicted molar refractivity (Wildman–Crippen MR) is 128 cm³/mol. The fourth-order valence-electron chi connectivity index (χ4n) is 3.72. The Morgan fingerprint density at radius 1 is 1.03 bits per heavy atom. The summed E-state index contributed by atoms with van der Waals surface area (Å²) in [6.45, 7) is 5.82. The third-order valence-electron chi connectivity index (χ3n) is 5.49. The summed E-state index contributed by atoms with van der Waals surface area (Å²) in [5, 5.41) is 5.84. The number of ether oxygens (including phenoxy) is 3. The Hall–Kier alpha value is -2.97. The van der Waals surface area contributed by atoms with Gasteiger partial charge in [0, 0.05) is 67.7 Å². The molecule has 184 valence electrons. The van der Waals surface area contributed by atoms with Crippen LogP contribution in [0.5, 0.6) is 5.75 Å². The van der Waals surface area contributed by atoms with Gasteiger partial charge in [-0.2, -0.15) is 0 Å². The molecule has 2 aromatic carbocycles. The van der Waals surface area contributed by atoms with Crippen LogP contribution in [-0.2, 0) is 9.47 Å². The third-order valence-corrected chi connectivity index (χ3v) is 5.49. The first kappa shape index (κ1) is 25.6. The highest BCUT2D eigenvalue weighted by atomic mass is 19.1. The largest absolute Gasteiger partial charge is 0.493 e. The van der Waals surface area contributed by atoms with E-state index in [-0.39, 0.29) is 29.5 Å². The minimum absolute atomic E-state index is 0.0263. The van der Waals surface area contributed by atoms with Gasteiger partial charge >= 0.3 is 0 Å². The Morgan fingerprint density at radius 2 is 1.74 bits per heavy atom. The molecule has 0 aliphatic carbocycles. The zero-order valence-corrected chi connectivity index (χ0v) is 20.0. The summed E-state index contributed by atoms with van der Waals surface area (Å²) >= 11 is 0. The standard InChI is InChI=1S/C26H33FN2O5/c1-17(2)28-25(30)19-5-7-21(24(16-19)34-12-4-11-32-3)22-15-18(6-8-23(22)27)26(31)29-20-9-13-33-14-10-20/h5-8,15-17,20H,4,9-14H2,1-3H3,(H,28,30)(H,29,31). The molecule has 1 heterocycles. The molecule has 0 aromatic heterocycles. The molecule has 34 heavy (non-hydrogen) atoms. The number of carbonyl (C=O) groups excluding carboxylic acids is 2. The SMILES string of the molecule is COCCCOc1cc(C(=O)NC(C)C)ccc1-c1cc(C(=O)NC2CCOCC2)ccc1F. The number of methoxy groups -OCH3 is 1. The number of hydrogen-bond acceptors (Lipinski definition) is 5.